The van der Waals surface area contributed by atoms with E-state index in [-0.39, 0.29) is 11.2 Å². The lowest BCUT2D eigenvalue weighted by Gasteiger charge is -2.14. The van der Waals surface area contributed by atoms with Gasteiger partial charge in [-0.2, -0.15) is 0 Å². The number of carbonyl (C=O) groups excluding carboxylic acids is 1. The van der Waals surface area contributed by atoms with Gasteiger partial charge in [-0.05, 0) is 38.0 Å². The fourth-order valence-electron chi connectivity index (χ4n) is 1.93. The van der Waals surface area contributed by atoms with Gasteiger partial charge in [0, 0.05) is 12.4 Å². The number of thioether (sulfide) groups is 1. The molecule has 4 nitrogen and oxygen atoms in total. The van der Waals surface area contributed by atoms with Crippen LogP contribution in [0.2, 0.25) is 0 Å². The summed E-state index contributed by atoms with van der Waals surface area (Å²) >= 11 is 1.40. The highest BCUT2D eigenvalue weighted by molar-refractivity contribution is 8.00. The third-order valence-corrected chi connectivity index (χ3v) is 4.32. The molecule has 1 aromatic carbocycles. The van der Waals surface area contributed by atoms with Crippen LogP contribution in [-0.2, 0) is 9.53 Å². The molecule has 1 atom stereocenters. The number of aryl methyl sites for hydroxylation is 1. The molecule has 0 fully saturated rings. The summed E-state index contributed by atoms with van der Waals surface area (Å²) in [6.07, 6.45) is 3.65. The number of benzene rings is 1. The molecule has 0 radical (unpaired) electrons. The zero-order chi connectivity index (χ0) is 14.7. The zero-order valence-electron chi connectivity index (χ0n) is 12.1. The maximum Gasteiger partial charge on any atom is 0.318 e. The van der Waals surface area contributed by atoms with Crippen molar-refractivity contribution in [1.29, 1.82) is 0 Å². The fraction of sp³-hybridized carbons (Fsp3) is 0.333. The minimum atomic E-state index is -0.286. The van der Waals surface area contributed by atoms with Crippen LogP contribution in [0, 0.1) is 13.8 Å². The summed E-state index contributed by atoms with van der Waals surface area (Å²) < 4.78 is 6.76. The van der Waals surface area contributed by atoms with Gasteiger partial charge >= 0.3 is 5.97 Å². The second-order valence-corrected chi connectivity index (χ2v) is 5.89. The van der Waals surface area contributed by atoms with E-state index in [1.165, 1.54) is 30.0 Å². The molecule has 0 aliphatic heterocycles. The summed E-state index contributed by atoms with van der Waals surface area (Å²) in [5.41, 5.74) is 3.52. The first kappa shape index (κ1) is 14.7. The first-order chi connectivity index (χ1) is 9.54. The maximum atomic E-state index is 11.5. The molecule has 2 rings (SSSR count). The first-order valence-corrected chi connectivity index (χ1v) is 7.27. The Morgan fingerprint density at radius 1 is 1.40 bits per heavy atom. The summed E-state index contributed by atoms with van der Waals surface area (Å²) in [6.45, 7) is 5.99. The predicted molar refractivity (Wildman–Crippen MR) is 80.4 cm³/mol. The zero-order valence-corrected chi connectivity index (χ0v) is 12.9. The van der Waals surface area contributed by atoms with E-state index < -0.39 is 0 Å². The number of nitrogens with zero attached hydrogens (tertiary/aromatic N) is 2. The largest absolute Gasteiger partial charge is 0.468 e. The van der Waals surface area contributed by atoms with Crippen molar-refractivity contribution in [3.05, 3.63) is 41.7 Å². The van der Waals surface area contributed by atoms with Gasteiger partial charge in [-0.25, -0.2) is 4.98 Å². The number of methoxy groups -OCH3 is 1. The van der Waals surface area contributed by atoms with E-state index in [0.717, 1.165) is 10.8 Å². The highest BCUT2D eigenvalue weighted by atomic mass is 32.2. The van der Waals surface area contributed by atoms with Crippen LogP contribution in [0.1, 0.15) is 18.1 Å². The van der Waals surface area contributed by atoms with E-state index in [4.69, 9.17) is 4.74 Å². The summed E-state index contributed by atoms with van der Waals surface area (Å²) in [5, 5.41) is 0.503. The van der Waals surface area contributed by atoms with Crippen LogP contribution < -0.4 is 0 Å². The smallest absolute Gasteiger partial charge is 0.318 e. The minimum absolute atomic E-state index is 0.245. The number of imidazole rings is 1. The summed E-state index contributed by atoms with van der Waals surface area (Å²) in [6, 6.07) is 6.16. The van der Waals surface area contributed by atoms with Gasteiger partial charge in [0.05, 0.1) is 12.8 Å². The van der Waals surface area contributed by atoms with Gasteiger partial charge in [-0.3, -0.25) is 9.36 Å². The maximum absolute atomic E-state index is 11.5. The lowest BCUT2D eigenvalue weighted by molar-refractivity contribution is -0.139. The van der Waals surface area contributed by atoms with Gasteiger partial charge in [-0.15, -0.1) is 0 Å². The number of esters is 1. The quantitative estimate of drug-likeness (QED) is 0.641. The number of rotatable bonds is 4. The summed E-state index contributed by atoms with van der Waals surface area (Å²) in [5.74, 6) is -0.245. The normalized spacial score (nSPS) is 12.2. The molecule has 0 saturated carbocycles. The van der Waals surface area contributed by atoms with E-state index >= 15 is 0 Å². The Balaban J connectivity index is 2.34. The molecular weight excluding hydrogens is 272 g/mol. The van der Waals surface area contributed by atoms with E-state index in [9.17, 15) is 4.79 Å². The average Bonchev–Trinajstić information content (AvgIpc) is 2.88. The first-order valence-electron chi connectivity index (χ1n) is 6.39. The molecule has 0 saturated heterocycles. The van der Waals surface area contributed by atoms with E-state index in [0.29, 0.717) is 0 Å². The number of hydrogen-bond acceptors (Lipinski definition) is 4. The number of ether oxygens (including phenoxy) is 1. The molecule has 1 unspecified atom stereocenters. The lowest BCUT2D eigenvalue weighted by atomic mass is 10.1. The van der Waals surface area contributed by atoms with Crippen LogP contribution in [0.5, 0.6) is 0 Å². The number of aromatic nitrogens is 2. The van der Waals surface area contributed by atoms with Crippen molar-refractivity contribution < 1.29 is 9.53 Å². The van der Waals surface area contributed by atoms with Crippen molar-refractivity contribution in [2.24, 2.45) is 0 Å². The van der Waals surface area contributed by atoms with E-state index in [2.05, 4.69) is 31.0 Å². The summed E-state index contributed by atoms with van der Waals surface area (Å²) in [4.78, 5) is 15.9. The van der Waals surface area contributed by atoms with Crippen molar-refractivity contribution in [2.75, 3.05) is 7.11 Å². The Morgan fingerprint density at radius 3 is 2.85 bits per heavy atom. The second kappa shape index (κ2) is 6.13. The third kappa shape index (κ3) is 2.88. The molecule has 0 aliphatic carbocycles. The highest BCUT2D eigenvalue weighted by Gasteiger charge is 2.18. The molecule has 2 aromatic rings. The van der Waals surface area contributed by atoms with Gasteiger partial charge < -0.3 is 4.74 Å². The predicted octanol–water partition coefficient (Wildman–Crippen LogP) is 3.14. The van der Waals surface area contributed by atoms with Crippen molar-refractivity contribution in [1.82, 2.24) is 9.55 Å². The number of carbonyl (C=O) groups is 1. The molecule has 5 heteroatoms. The molecule has 1 aromatic heterocycles. The molecule has 0 amide bonds. The van der Waals surface area contributed by atoms with Crippen LogP contribution in [0.25, 0.3) is 5.69 Å². The molecule has 0 spiro atoms. The Morgan fingerprint density at radius 2 is 2.15 bits per heavy atom. The Bertz CT molecular complexity index is 622. The lowest BCUT2D eigenvalue weighted by Crippen LogP contribution is -2.15. The molecule has 0 bridgehead atoms. The van der Waals surface area contributed by atoms with Gasteiger partial charge in [0.25, 0.3) is 0 Å². The Labute approximate surface area is 123 Å². The standard InChI is InChI=1S/C15H18N2O2S/c1-10-6-5-7-13(11(10)2)17-9-8-16-15(17)20-12(3)14(18)19-4/h5-9,12H,1-4H3. The topological polar surface area (TPSA) is 44.1 Å². The van der Waals surface area contributed by atoms with Crippen molar-refractivity contribution >= 4 is 17.7 Å². The van der Waals surface area contributed by atoms with Crippen LogP contribution in [0.4, 0.5) is 0 Å². The van der Waals surface area contributed by atoms with Gasteiger partial charge in [0.1, 0.15) is 5.25 Å². The van der Waals surface area contributed by atoms with E-state index in [1.807, 2.05) is 23.8 Å². The van der Waals surface area contributed by atoms with Crippen LogP contribution in [0.15, 0.2) is 35.7 Å². The molecule has 0 aliphatic rings. The fourth-order valence-corrected chi connectivity index (χ4v) is 2.83. The monoisotopic (exact) mass is 290 g/mol. The Kier molecular flexibility index (Phi) is 4.49. The molecule has 0 N–H and O–H groups in total. The van der Waals surface area contributed by atoms with E-state index in [1.54, 1.807) is 6.20 Å². The van der Waals surface area contributed by atoms with Crippen molar-refractivity contribution in [3.8, 4) is 5.69 Å². The van der Waals surface area contributed by atoms with Gasteiger partial charge in [0.2, 0.25) is 0 Å². The van der Waals surface area contributed by atoms with Crippen molar-refractivity contribution in [2.45, 2.75) is 31.2 Å². The van der Waals surface area contributed by atoms with Gasteiger partial charge in [-0.1, -0.05) is 23.9 Å². The van der Waals surface area contributed by atoms with Crippen LogP contribution in [-0.4, -0.2) is 27.9 Å². The SMILES string of the molecule is COC(=O)C(C)Sc1nccn1-c1cccc(C)c1C. The molecule has 106 valence electrons. The van der Waals surface area contributed by atoms with Crippen LogP contribution >= 0.6 is 11.8 Å². The second-order valence-electron chi connectivity index (χ2n) is 4.58. The number of hydrogen-bond donors (Lipinski definition) is 0. The van der Waals surface area contributed by atoms with Crippen molar-refractivity contribution in [3.63, 3.8) is 0 Å². The highest BCUT2D eigenvalue weighted by Crippen LogP contribution is 2.27. The molecular formula is C15H18N2O2S. The molecule has 1 heterocycles. The van der Waals surface area contributed by atoms with Gasteiger partial charge in [0.15, 0.2) is 5.16 Å². The Hall–Kier alpha value is -1.75. The third-order valence-electron chi connectivity index (χ3n) is 3.26. The molecule has 20 heavy (non-hydrogen) atoms. The average molecular weight is 290 g/mol. The van der Waals surface area contributed by atoms with Crippen LogP contribution in [0.3, 0.4) is 0 Å². The minimum Gasteiger partial charge on any atom is -0.468 e. The summed E-state index contributed by atoms with van der Waals surface area (Å²) in [7, 11) is 1.40.